The number of nitrogens with zero attached hydrogens (tertiary/aromatic N) is 2. The second-order valence-corrected chi connectivity index (χ2v) is 5.84. The number of likely N-dealkylation sites (tertiary alicyclic amines) is 1. The Hall–Kier alpha value is -1.52. The minimum absolute atomic E-state index is 0.183. The molecule has 1 aliphatic rings. The first-order valence-corrected chi connectivity index (χ1v) is 7.75. The van der Waals surface area contributed by atoms with E-state index >= 15 is 0 Å². The molecule has 2 N–H and O–H groups in total. The number of fused-ring (bicyclic) bond motifs is 1. The number of piperidine rings is 1. The van der Waals surface area contributed by atoms with Gasteiger partial charge in [-0.3, -0.25) is 9.88 Å². The summed E-state index contributed by atoms with van der Waals surface area (Å²) in [6.07, 6.45) is 6.46. The van der Waals surface area contributed by atoms with E-state index in [0.29, 0.717) is 12.6 Å². The predicted octanol–water partition coefficient (Wildman–Crippen LogP) is 3.08. The van der Waals surface area contributed by atoms with Gasteiger partial charge in [-0.2, -0.15) is 0 Å². The number of hydrogen-bond donors (Lipinski definition) is 1. The lowest BCUT2D eigenvalue weighted by Gasteiger charge is -2.35. The summed E-state index contributed by atoms with van der Waals surface area (Å²) < 4.78 is 13.8. The summed E-state index contributed by atoms with van der Waals surface area (Å²) in [4.78, 5) is 6.88. The highest BCUT2D eigenvalue weighted by Crippen LogP contribution is 2.25. The molecule has 3 rings (SSSR count). The monoisotopic (exact) mass is 287 g/mol. The summed E-state index contributed by atoms with van der Waals surface area (Å²) in [5, 5.41) is 0.875. The van der Waals surface area contributed by atoms with Crippen LogP contribution in [-0.2, 0) is 6.54 Å². The van der Waals surface area contributed by atoms with Crippen LogP contribution in [0.1, 0.15) is 31.2 Å². The SMILES string of the molecule is NCCC1CCCCN1Cc1cc(F)cc2cccnc12. The minimum atomic E-state index is -0.183. The molecule has 1 atom stereocenters. The molecule has 1 fully saturated rings. The molecule has 0 radical (unpaired) electrons. The lowest BCUT2D eigenvalue weighted by atomic mass is 9.98. The first kappa shape index (κ1) is 14.4. The largest absolute Gasteiger partial charge is 0.330 e. The maximum Gasteiger partial charge on any atom is 0.124 e. The van der Waals surface area contributed by atoms with E-state index in [2.05, 4.69) is 9.88 Å². The van der Waals surface area contributed by atoms with Crippen LogP contribution in [0, 0.1) is 5.82 Å². The van der Waals surface area contributed by atoms with Gasteiger partial charge in [0.05, 0.1) is 5.52 Å². The second kappa shape index (κ2) is 6.50. The van der Waals surface area contributed by atoms with Crippen molar-refractivity contribution >= 4 is 10.9 Å². The normalized spacial score (nSPS) is 20.0. The van der Waals surface area contributed by atoms with E-state index in [-0.39, 0.29) is 5.82 Å². The zero-order chi connectivity index (χ0) is 14.7. The van der Waals surface area contributed by atoms with Crippen molar-refractivity contribution in [3.05, 3.63) is 41.8 Å². The zero-order valence-electron chi connectivity index (χ0n) is 12.3. The van der Waals surface area contributed by atoms with Crippen molar-refractivity contribution in [3.8, 4) is 0 Å². The van der Waals surface area contributed by atoms with Crippen LogP contribution in [0.2, 0.25) is 0 Å². The van der Waals surface area contributed by atoms with Crippen LogP contribution in [0.4, 0.5) is 4.39 Å². The number of benzene rings is 1. The van der Waals surface area contributed by atoms with Gasteiger partial charge in [-0.15, -0.1) is 0 Å². The summed E-state index contributed by atoms with van der Waals surface area (Å²) >= 11 is 0. The molecular weight excluding hydrogens is 265 g/mol. The molecule has 4 heteroatoms. The van der Waals surface area contributed by atoms with Crippen LogP contribution in [-0.4, -0.2) is 29.0 Å². The highest BCUT2D eigenvalue weighted by molar-refractivity contribution is 5.81. The van der Waals surface area contributed by atoms with Crippen molar-refractivity contribution in [2.75, 3.05) is 13.1 Å². The summed E-state index contributed by atoms with van der Waals surface area (Å²) in [5.74, 6) is -0.183. The predicted molar refractivity (Wildman–Crippen MR) is 83.4 cm³/mol. The topological polar surface area (TPSA) is 42.1 Å². The Kier molecular flexibility index (Phi) is 4.46. The molecule has 1 aliphatic heterocycles. The van der Waals surface area contributed by atoms with Gasteiger partial charge < -0.3 is 5.73 Å². The Morgan fingerprint density at radius 3 is 3.10 bits per heavy atom. The van der Waals surface area contributed by atoms with Gasteiger partial charge in [0.2, 0.25) is 0 Å². The van der Waals surface area contributed by atoms with E-state index in [1.165, 1.54) is 19.3 Å². The van der Waals surface area contributed by atoms with Crippen molar-refractivity contribution in [3.63, 3.8) is 0 Å². The first-order valence-electron chi connectivity index (χ1n) is 7.75. The van der Waals surface area contributed by atoms with Gasteiger partial charge in [-0.05, 0) is 56.1 Å². The van der Waals surface area contributed by atoms with E-state index < -0.39 is 0 Å². The fraction of sp³-hybridized carbons (Fsp3) is 0.471. The molecule has 0 aliphatic carbocycles. The fourth-order valence-electron chi connectivity index (χ4n) is 3.35. The lowest BCUT2D eigenvalue weighted by Crippen LogP contribution is -2.40. The Bertz CT molecular complexity index is 612. The molecule has 21 heavy (non-hydrogen) atoms. The standard InChI is InChI=1S/C17H22FN3/c18-15-10-13-4-3-8-20-17(13)14(11-15)12-21-9-2-1-5-16(21)6-7-19/h3-4,8,10-11,16H,1-2,5-7,9,12,19H2. The van der Waals surface area contributed by atoms with Gasteiger partial charge in [-0.1, -0.05) is 12.5 Å². The quantitative estimate of drug-likeness (QED) is 0.939. The number of halogens is 1. The van der Waals surface area contributed by atoms with Crippen LogP contribution >= 0.6 is 0 Å². The number of hydrogen-bond acceptors (Lipinski definition) is 3. The molecule has 1 aromatic carbocycles. The Morgan fingerprint density at radius 1 is 1.33 bits per heavy atom. The summed E-state index contributed by atoms with van der Waals surface area (Å²) in [6.45, 7) is 2.54. The van der Waals surface area contributed by atoms with E-state index in [1.54, 1.807) is 18.3 Å². The first-order chi connectivity index (χ1) is 10.3. The van der Waals surface area contributed by atoms with Crippen LogP contribution < -0.4 is 5.73 Å². The molecule has 0 spiro atoms. The van der Waals surface area contributed by atoms with E-state index in [0.717, 1.165) is 36.0 Å². The van der Waals surface area contributed by atoms with E-state index in [4.69, 9.17) is 5.73 Å². The van der Waals surface area contributed by atoms with Crippen molar-refractivity contribution in [2.24, 2.45) is 5.73 Å². The Morgan fingerprint density at radius 2 is 2.24 bits per heavy atom. The molecule has 1 saturated heterocycles. The minimum Gasteiger partial charge on any atom is -0.330 e. The summed E-state index contributed by atoms with van der Waals surface area (Å²) in [6, 6.07) is 7.47. The van der Waals surface area contributed by atoms with Crippen LogP contribution in [0.5, 0.6) is 0 Å². The molecule has 3 nitrogen and oxygen atoms in total. The van der Waals surface area contributed by atoms with Crippen molar-refractivity contribution in [1.82, 2.24) is 9.88 Å². The number of rotatable bonds is 4. The third-order valence-electron chi connectivity index (χ3n) is 4.37. The molecule has 112 valence electrons. The molecule has 1 aromatic heterocycles. The number of nitrogens with two attached hydrogens (primary N) is 1. The average Bonchev–Trinajstić information content (AvgIpc) is 2.49. The number of aromatic nitrogens is 1. The molecule has 0 saturated carbocycles. The third kappa shape index (κ3) is 3.22. The van der Waals surface area contributed by atoms with E-state index in [1.807, 2.05) is 12.1 Å². The average molecular weight is 287 g/mol. The highest BCUT2D eigenvalue weighted by atomic mass is 19.1. The van der Waals surface area contributed by atoms with Gasteiger partial charge in [0.15, 0.2) is 0 Å². The van der Waals surface area contributed by atoms with Crippen LogP contribution in [0.25, 0.3) is 10.9 Å². The number of pyridine rings is 1. The van der Waals surface area contributed by atoms with Crippen LogP contribution in [0.3, 0.4) is 0 Å². The van der Waals surface area contributed by atoms with Gasteiger partial charge >= 0.3 is 0 Å². The maximum absolute atomic E-state index is 13.8. The summed E-state index contributed by atoms with van der Waals surface area (Å²) in [5.41, 5.74) is 7.62. The summed E-state index contributed by atoms with van der Waals surface area (Å²) in [7, 11) is 0. The molecule has 2 heterocycles. The van der Waals surface area contributed by atoms with Gasteiger partial charge in [0, 0.05) is 24.2 Å². The smallest absolute Gasteiger partial charge is 0.124 e. The molecule has 0 amide bonds. The third-order valence-corrected chi connectivity index (χ3v) is 4.37. The Balaban J connectivity index is 1.89. The maximum atomic E-state index is 13.8. The van der Waals surface area contributed by atoms with Gasteiger partial charge in [-0.25, -0.2) is 4.39 Å². The van der Waals surface area contributed by atoms with Crippen molar-refractivity contribution in [1.29, 1.82) is 0 Å². The van der Waals surface area contributed by atoms with Crippen LogP contribution in [0.15, 0.2) is 30.5 Å². The Labute approximate surface area is 125 Å². The van der Waals surface area contributed by atoms with E-state index in [9.17, 15) is 4.39 Å². The lowest BCUT2D eigenvalue weighted by molar-refractivity contribution is 0.134. The van der Waals surface area contributed by atoms with Gasteiger partial charge in [0.25, 0.3) is 0 Å². The molecule has 0 bridgehead atoms. The van der Waals surface area contributed by atoms with Crippen molar-refractivity contribution in [2.45, 2.75) is 38.3 Å². The van der Waals surface area contributed by atoms with Crippen molar-refractivity contribution < 1.29 is 4.39 Å². The molecule has 2 aromatic rings. The molecular formula is C17H22FN3. The molecule has 1 unspecified atom stereocenters. The zero-order valence-corrected chi connectivity index (χ0v) is 12.3. The highest BCUT2D eigenvalue weighted by Gasteiger charge is 2.22. The van der Waals surface area contributed by atoms with Gasteiger partial charge in [0.1, 0.15) is 5.82 Å². The second-order valence-electron chi connectivity index (χ2n) is 5.84. The fourth-order valence-corrected chi connectivity index (χ4v) is 3.35.